The number of rotatable bonds is 8. The van der Waals surface area contributed by atoms with Gasteiger partial charge in [-0.2, -0.15) is 0 Å². The summed E-state index contributed by atoms with van der Waals surface area (Å²) in [5, 5.41) is 13.1. The van der Waals surface area contributed by atoms with Gasteiger partial charge in [0.25, 0.3) is 0 Å². The average Bonchev–Trinajstić information content (AvgIpc) is 2.95. The summed E-state index contributed by atoms with van der Waals surface area (Å²) in [7, 11) is 0. The van der Waals surface area contributed by atoms with Crippen LogP contribution >= 0.6 is 0 Å². The number of ether oxygens (including phenoxy) is 1. The molecule has 1 heterocycles. The zero-order valence-corrected chi connectivity index (χ0v) is 13.2. The fourth-order valence-electron chi connectivity index (χ4n) is 2.64. The van der Waals surface area contributed by atoms with E-state index in [9.17, 15) is 5.11 Å². The number of aromatic nitrogens is 1. The molecule has 2 rings (SSSR count). The van der Waals surface area contributed by atoms with Gasteiger partial charge in [-0.3, -0.25) is 0 Å². The first-order valence-electron chi connectivity index (χ1n) is 8.11. The van der Waals surface area contributed by atoms with Crippen molar-refractivity contribution in [3.63, 3.8) is 0 Å². The standard InChI is InChI=1S/C16H28N2O3/c1-3-14-9-18-16(21-14)10-17-8-13(19)11-20-15-6-4-12(2)5-7-15/h9,12-13,15,17,19H,3-8,10-11H2,1-2H3. The maximum absolute atomic E-state index is 9.92. The van der Waals surface area contributed by atoms with Crippen LogP contribution in [-0.4, -0.2) is 35.5 Å². The van der Waals surface area contributed by atoms with Crippen molar-refractivity contribution in [1.82, 2.24) is 10.3 Å². The maximum Gasteiger partial charge on any atom is 0.208 e. The summed E-state index contributed by atoms with van der Waals surface area (Å²) in [5.41, 5.74) is 0. The van der Waals surface area contributed by atoms with E-state index < -0.39 is 6.10 Å². The molecule has 0 bridgehead atoms. The molecular weight excluding hydrogens is 268 g/mol. The van der Waals surface area contributed by atoms with Gasteiger partial charge in [0.05, 0.1) is 31.6 Å². The number of nitrogens with zero attached hydrogens (tertiary/aromatic N) is 1. The lowest BCUT2D eigenvalue weighted by Crippen LogP contribution is -2.32. The number of aliphatic hydroxyl groups excluding tert-OH is 1. The normalized spacial score (nSPS) is 24.1. The van der Waals surface area contributed by atoms with E-state index in [0.717, 1.165) is 30.9 Å². The molecule has 1 saturated carbocycles. The average molecular weight is 296 g/mol. The van der Waals surface area contributed by atoms with Gasteiger partial charge in [-0.1, -0.05) is 13.8 Å². The van der Waals surface area contributed by atoms with Crippen molar-refractivity contribution in [2.24, 2.45) is 5.92 Å². The molecule has 1 atom stereocenters. The Morgan fingerprint density at radius 2 is 2.19 bits per heavy atom. The van der Waals surface area contributed by atoms with Crippen molar-refractivity contribution >= 4 is 0 Å². The molecule has 1 aliphatic rings. The van der Waals surface area contributed by atoms with E-state index in [1.807, 2.05) is 6.92 Å². The Balaban J connectivity index is 1.56. The first-order chi connectivity index (χ1) is 10.2. The van der Waals surface area contributed by atoms with E-state index in [2.05, 4.69) is 17.2 Å². The molecule has 1 aromatic heterocycles. The molecular formula is C16H28N2O3. The van der Waals surface area contributed by atoms with Gasteiger partial charge in [-0.15, -0.1) is 0 Å². The van der Waals surface area contributed by atoms with E-state index >= 15 is 0 Å². The summed E-state index contributed by atoms with van der Waals surface area (Å²) in [6, 6.07) is 0. The minimum Gasteiger partial charge on any atom is -0.444 e. The summed E-state index contributed by atoms with van der Waals surface area (Å²) in [5.74, 6) is 2.38. The number of hydrogen-bond donors (Lipinski definition) is 2. The Morgan fingerprint density at radius 3 is 2.86 bits per heavy atom. The van der Waals surface area contributed by atoms with Gasteiger partial charge in [-0.05, 0) is 31.6 Å². The van der Waals surface area contributed by atoms with Crippen LogP contribution in [0.5, 0.6) is 0 Å². The Bertz CT molecular complexity index is 400. The molecule has 2 N–H and O–H groups in total. The van der Waals surface area contributed by atoms with Gasteiger partial charge < -0.3 is 19.6 Å². The van der Waals surface area contributed by atoms with Gasteiger partial charge in [0.2, 0.25) is 5.89 Å². The van der Waals surface area contributed by atoms with Gasteiger partial charge in [0.1, 0.15) is 5.76 Å². The van der Waals surface area contributed by atoms with Crippen LogP contribution < -0.4 is 5.32 Å². The summed E-state index contributed by atoms with van der Waals surface area (Å²) >= 11 is 0. The predicted octanol–water partition coefficient (Wildman–Crippen LogP) is 2.28. The third-order valence-electron chi connectivity index (χ3n) is 4.09. The molecule has 1 unspecified atom stereocenters. The zero-order valence-electron chi connectivity index (χ0n) is 13.2. The fraction of sp³-hybridized carbons (Fsp3) is 0.812. The number of hydrogen-bond acceptors (Lipinski definition) is 5. The van der Waals surface area contributed by atoms with E-state index in [1.54, 1.807) is 6.20 Å². The third-order valence-corrected chi connectivity index (χ3v) is 4.09. The maximum atomic E-state index is 9.92. The van der Waals surface area contributed by atoms with Crippen LogP contribution in [0.4, 0.5) is 0 Å². The van der Waals surface area contributed by atoms with Crippen molar-refractivity contribution in [1.29, 1.82) is 0 Å². The van der Waals surface area contributed by atoms with Crippen LogP contribution in [0.2, 0.25) is 0 Å². The minimum absolute atomic E-state index is 0.328. The van der Waals surface area contributed by atoms with E-state index in [4.69, 9.17) is 9.15 Å². The highest BCUT2D eigenvalue weighted by atomic mass is 16.5. The summed E-state index contributed by atoms with van der Waals surface area (Å²) in [4.78, 5) is 4.17. The number of aliphatic hydroxyl groups is 1. The zero-order chi connectivity index (χ0) is 15.1. The monoisotopic (exact) mass is 296 g/mol. The van der Waals surface area contributed by atoms with Crippen LogP contribution in [0, 0.1) is 5.92 Å². The predicted molar refractivity (Wildman–Crippen MR) is 81.0 cm³/mol. The molecule has 1 fully saturated rings. The molecule has 5 nitrogen and oxygen atoms in total. The first-order valence-corrected chi connectivity index (χ1v) is 8.11. The Labute approximate surface area is 127 Å². The lowest BCUT2D eigenvalue weighted by atomic mass is 9.89. The van der Waals surface area contributed by atoms with Crippen molar-refractivity contribution in [2.75, 3.05) is 13.2 Å². The molecule has 5 heteroatoms. The molecule has 0 aromatic carbocycles. The highest BCUT2D eigenvalue weighted by Gasteiger charge is 2.19. The molecule has 21 heavy (non-hydrogen) atoms. The molecule has 120 valence electrons. The molecule has 0 saturated heterocycles. The summed E-state index contributed by atoms with van der Waals surface area (Å²) in [6.45, 7) is 5.76. The fourth-order valence-corrected chi connectivity index (χ4v) is 2.64. The second-order valence-corrected chi connectivity index (χ2v) is 6.07. The molecule has 1 aromatic rings. The van der Waals surface area contributed by atoms with Crippen LogP contribution in [0.15, 0.2) is 10.6 Å². The van der Waals surface area contributed by atoms with Crippen molar-refractivity contribution in [3.8, 4) is 0 Å². The van der Waals surface area contributed by atoms with Crippen LogP contribution in [-0.2, 0) is 17.7 Å². The minimum atomic E-state index is -0.482. The van der Waals surface area contributed by atoms with Gasteiger partial charge in [0.15, 0.2) is 0 Å². The largest absolute Gasteiger partial charge is 0.444 e. The number of aryl methyl sites for hydroxylation is 1. The topological polar surface area (TPSA) is 67.5 Å². The lowest BCUT2D eigenvalue weighted by Gasteiger charge is -2.27. The Hall–Kier alpha value is -0.910. The van der Waals surface area contributed by atoms with Gasteiger partial charge in [-0.25, -0.2) is 4.98 Å². The highest BCUT2D eigenvalue weighted by Crippen LogP contribution is 2.25. The Kier molecular flexibility index (Phi) is 6.67. The van der Waals surface area contributed by atoms with Crippen LogP contribution in [0.3, 0.4) is 0 Å². The van der Waals surface area contributed by atoms with Gasteiger partial charge >= 0.3 is 0 Å². The van der Waals surface area contributed by atoms with Crippen molar-refractivity contribution in [2.45, 2.75) is 64.7 Å². The number of oxazole rings is 1. The van der Waals surface area contributed by atoms with Crippen LogP contribution in [0.1, 0.15) is 51.2 Å². The van der Waals surface area contributed by atoms with Crippen LogP contribution in [0.25, 0.3) is 0 Å². The summed E-state index contributed by atoms with van der Waals surface area (Å²) in [6.07, 6.45) is 7.17. The van der Waals surface area contributed by atoms with Crippen molar-refractivity contribution < 1.29 is 14.3 Å². The third kappa shape index (κ3) is 5.77. The van der Waals surface area contributed by atoms with Gasteiger partial charge in [0, 0.05) is 13.0 Å². The quantitative estimate of drug-likeness (QED) is 0.770. The van der Waals surface area contributed by atoms with E-state index in [0.29, 0.717) is 31.7 Å². The molecule has 1 aliphatic carbocycles. The SMILES string of the molecule is CCc1cnc(CNCC(O)COC2CCC(C)CC2)o1. The second-order valence-electron chi connectivity index (χ2n) is 6.07. The molecule has 0 spiro atoms. The van der Waals surface area contributed by atoms with E-state index in [1.165, 1.54) is 12.8 Å². The number of nitrogens with one attached hydrogen (secondary N) is 1. The summed E-state index contributed by atoms with van der Waals surface area (Å²) < 4.78 is 11.3. The highest BCUT2D eigenvalue weighted by molar-refractivity contribution is 4.93. The smallest absolute Gasteiger partial charge is 0.208 e. The molecule has 0 radical (unpaired) electrons. The molecule has 0 amide bonds. The second kappa shape index (κ2) is 8.51. The lowest BCUT2D eigenvalue weighted by molar-refractivity contribution is -0.0279. The Morgan fingerprint density at radius 1 is 1.43 bits per heavy atom. The van der Waals surface area contributed by atoms with Crippen molar-refractivity contribution in [3.05, 3.63) is 17.8 Å². The molecule has 0 aliphatic heterocycles. The van der Waals surface area contributed by atoms with E-state index in [-0.39, 0.29) is 0 Å². The first kappa shape index (κ1) is 16.5.